The van der Waals surface area contributed by atoms with Crippen molar-refractivity contribution in [2.45, 2.75) is 26.2 Å². The molecule has 2 N–H and O–H groups in total. The van der Waals surface area contributed by atoms with Crippen molar-refractivity contribution in [3.05, 3.63) is 53.1 Å². The lowest BCUT2D eigenvalue weighted by molar-refractivity contribution is -0.137. The third kappa shape index (κ3) is 2.77. The highest BCUT2D eigenvalue weighted by molar-refractivity contribution is 5.68. The van der Waals surface area contributed by atoms with E-state index in [4.69, 9.17) is 5.11 Å². The minimum atomic E-state index is -0.812. The zero-order valence-corrected chi connectivity index (χ0v) is 10.5. The van der Waals surface area contributed by atoms with E-state index < -0.39 is 5.97 Å². The molecule has 0 radical (unpaired) electrons. The second kappa shape index (κ2) is 5.04. The minimum absolute atomic E-state index is 0.0602. The lowest BCUT2D eigenvalue weighted by Crippen LogP contribution is -2.08. The average molecular weight is 244 g/mol. The number of aromatic amines is 1. The number of nitrogens with one attached hydrogen (secondary N) is 1. The third-order valence-electron chi connectivity index (χ3n) is 2.96. The summed E-state index contributed by atoms with van der Waals surface area (Å²) in [5, 5.41) is 9.03. The molecule has 1 aromatic carbocycles. The molecule has 2 rings (SSSR count). The van der Waals surface area contributed by atoms with Gasteiger partial charge in [0, 0.05) is 17.8 Å². The maximum Gasteiger partial charge on any atom is 0.304 e. The molecule has 0 saturated heterocycles. The van der Waals surface area contributed by atoms with Gasteiger partial charge in [-0.05, 0) is 19.4 Å². The maximum absolute atomic E-state index is 11.0. The number of aromatic nitrogens is 2. The maximum atomic E-state index is 11.0. The van der Waals surface area contributed by atoms with E-state index in [1.807, 2.05) is 38.1 Å². The fourth-order valence-electron chi connectivity index (χ4n) is 2.00. The van der Waals surface area contributed by atoms with E-state index in [1.54, 1.807) is 6.20 Å². The number of rotatable bonds is 4. The van der Waals surface area contributed by atoms with Crippen LogP contribution in [-0.4, -0.2) is 21.0 Å². The molecule has 1 unspecified atom stereocenters. The normalized spacial score (nSPS) is 12.3. The summed E-state index contributed by atoms with van der Waals surface area (Å²) >= 11 is 0. The van der Waals surface area contributed by atoms with Crippen molar-refractivity contribution in [3.8, 4) is 0 Å². The second-order valence-electron chi connectivity index (χ2n) is 4.49. The van der Waals surface area contributed by atoms with E-state index in [1.165, 1.54) is 0 Å². The highest BCUT2D eigenvalue weighted by atomic mass is 16.4. The number of H-pyrrole nitrogens is 1. The molecule has 18 heavy (non-hydrogen) atoms. The van der Waals surface area contributed by atoms with Gasteiger partial charge in [-0.25, -0.2) is 4.98 Å². The van der Waals surface area contributed by atoms with Gasteiger partial charge in [-0.15, -0.1) is 0 Å². The SMILES string of the molecule is Cc1ccc(C(CC(=O)O)c2cnc(C)[nH]2)cc1. The Bertz CT molecular complexity index is 543. The molecular weight excluding hydrogens is 228 g/mol. The summed E-state index contributed by atoms with van der Waals surface area (Å²) in [4.78, 5) is 18.3. The van der Waals surface area contributed by atoms with Gasteiger partial charge >= 0.3 is 5.97 Å². The standard InChI is InChI=1S/C14H16N2O2/c1-9-3-5-11(6-4-9)12(7-14(17)18)13-8-15-10(2)16-13/h3-6,8,12H,7H2,1-2H3,(H,15,16)(H,17,18). The highest BCUT2D eigenvalue weighted by Crippen LogP contribution is 2.27. The Labute approximate surface area is 106 Å². The smallest absolute Gasteiger partial charge is 0.304 e. The predicted octanol–water partition coefficient (Wildman–Crippen LogP) is 2.63. The lowest BCUT2D eigenvalue weighted by atomic mass is 9.92. The molecule has 1 aromatic heterocycles. The quantitative estimate of drug-likeness (QED) is 0.868. The van der Waals surface area contributed by atoms with Crippen LogP contribution in [0.5, 0.6) is 0 Å². The molecule has 0 saturated carbocycles. The Balaban J connectivity index is 2.36. The summed E-state index contributed by atoms with van der Waals surface area (Å²) in [6.45, 7) is 3.87. The number of aliphatic carboxylic acids is 1. The Kier molecular flexibility index (Phi) is 3.46. The van der Waals surface area contributed by atoms with Gasteiger partial charge in [-0.2, -0.15) is 0 Å². The van der Waals surface area contributed by atoms with Gasteiger partial charge in [0.1, 0.15) is 5.82 Å². The van der Waals surface area contributed by atoms with Crippen LogP contribution >= 0.6 is 0 Å². The van der Waals surface area contributed by atoms with Crippen LogP contribution in [0.1, 0.15) is 35.0 Å². The number of benzene rings is 1. The van der Waals surface area contributed by atoms with Crippen LogP contribution in [0.15, 0.2) is 30.5 Å². The fraction of sp³-hybridized carbons (Fsp3) is 0.286. The first kappa shape index (κ1) is 12.4. The summed E-state index contributed by atoms with van der Waals surface area (Å²) in [5.74, 6) is -0.190. The lowest BCUT2D eigenvalue weighted by Gasteiger charge is -2.13. The Hall–Kier alpha value is -2.10. The van der Waals surface area contributed by atoms with E-state index in [2.05, 4.69) is 9.97 Å². The number of hydrogen-bond acceptors (Lipinski definition) is 2. The van der Waals surface area contributed by atoms with Gasteiger partial charge in [-0.3, -0.25) is 4.79 Å². The fourth-order valence-corrected chi connectivity index (χ4v) is 2.00. The number of imidazole rings is 1. The molecule has 94 valence electrons. The van der Waals surface area contributed by atoms with Crippen molar-refractivity contribution in [2.75, 3.05) is 0 Å². The predicted molar refractivity (Wildman–Crippen MR) is 68.6 cm³/mol. The van der Waals surface area contributed by atoms with Gasteiger partial charge in [-0.1, -0.05) is 29.8 Å². The summed E-state index contributed by atoms with van der Waals surface area (Å²) in [6, 6.07) is 7.93. The topological polar surface area (TPSA) is 66.0 Å². The van der Waals surface area contributed by atoms with Crippen LogP contribution in [0.2, 0.25) is 0 Å². The number of carbonyl (C=O) groups is 1. The molecule has 0 amide bonds. The van der Waals surface area contributed by atoms with Crippen LogP contribution in [0.3, 0.4) is 0 Å². The Morgan fingerprint density at radius 1 is 1.33 bits per heavy atom. The molecule has 1 atom stereocenters. The number of hydrogen-bond donors (Lipinski definition) is 2. The van der Waals surface area contributed by atoms with E-state index >= 15 is 0 Å². The molecule has 4 nitrogen and oxygen atoms in total. The number of carboxylic acid groups (broad SMARTS) is 1. The van der Waals surface area contributed by atoms with Gasteiger partial charge in [0.25, 0.3) is 0 Å². The number of aryl methyl sites for hydroxylation is 2. The van der Waals surface area contributed by atoms with Crippen molar-refractivity contribution >= 4 is 5.97 Å². The van der Waals surface area contributed by atoms with E-state index in [9.17, 15) is 4.79 Å². The minimum Gasteiger partial charge on any atom is -0.481 e. The van der Waals surface area contributed by atoms with Gasteiger partial charge < -0.3 is 10.1 Å². The van der Waals surface area contributed by atoms with Crippen LogP contribution in [0.4, 0.5) is 0 Å². The first-order chi connectivity index (χ1) is 8.56. The molecule has 4 heteroatoms. The van der Waals surface area contributed by atoms with E-state index in [0.717, 1.165) is 22.6 Å². The summed E-state index contributed by atoms with van der Waals surface area (Å²) in [6.07, 6.45) is 1.77. The van der Waals surface area contributed by atoms with E-state index in [0.29, 0.717) is 0 Å². The number of nitrogens with zero attached hydrogens (tertiary/aromatic N) is 1. The average Bonchev–Trinajstić information content (AvgIpc) is 2.74. The Morgan fingerprint density at radius 2 is 2.00 bits per heavy atom. The zero-order valence-electron chi connectivity index (χ0n) is 10.5. The van der Waals surface area contributed by atoms with E-state index in [-0.39, 0.29) is 12.3 Å². The Morgan fingerprint density at radius 3 is 2.50 bits per heavy atom. The highest BCUT2D eigenvalue weighted by Gasteiger charge is 2.19. The number of carboxylic acids is 1. The van der Waals surface area contributed by atoms with Crippen molar-refractivity contribution < 1.29 is 9.90 Å². The van der Waals surface area contributed by atoms with Crippen molar-refractivity contribution in [2.24, 2.45) is 0 Å². The molecule has 0 bridgehead atoms. The van der Waals surface area contributed by atoms with Crippen molar-refractivity contribution in [1.29, 1.82) is 0 Å². The first-order valence-corrected chi connectivity index (χ1v) is 5.86. The summed E-state index contributed by atoms with van der Waals surface area (Å²) < 4.78 is 0. The van der Waals surface area contributed by atoms with Crippen LogP contribution in [0.25, 0.3) is 0 Å². The third-order valence-corrected chi connectivity index (χ3v) is 2.96. The molecule has 0 spiro atoms. The first-order valence-electron chi connectivity index (χ1n) is 5.86. The largest absolute Gasteiger partial charge is 0.481 e. The van der Waals surface area contributed by atoms with Gasteiger partial charge in [0.2, 0.25) is 0 Å². The van der Waals surface area contributed by atoms with Crippen LogP contribution in [0, 0.1) is 13.8 Å². The monoisotopic (exact) mass is 244 g/mol. The van der Waals surface area contributed by atoms with Gasteiger partial charge in [0.15, 0.2) is 0 Å². The molecule has 1 heterocycles. The van der Waals surface area contributed by atoms with Crippen LogP contribution < -0.4 is 0 Å². The second-order valence-corrected chi connectivity index (χ2v) is 4.49. The molecule has 2 aromatic rings. The molecular formula is C14H16N2O2. The van der Waals surface area contributed by atoms with Crippen molar-refractivity contribution in [3.63, 3.8) is 0 Å². The molecule has 0 aliphatic heterocycles. The molecule has 0 aliphatic rings. The summed E-state index contributed by atoms with van der Waals surface area (Å²) in [7, 11) is 0. The van der Waals surface area contributed by atoms with Crippen LogP contribution in [-0.2, 0) is 4.79 Å². The molecule has 0 fully saturated rings. The van der Waals surface area contributed by atoms with Crippen molar-refractivity contribution in [1.82, 2.24) is 9.97 Å². The molecule has 0 aliphatic carbocycles. The summed E-state index contributed by atoms with van der Waals surface area (Å²) in [5.41, 5.74) is 3.00. The van der Waals surface area contributed by atoms with Gasteiger partial charge in [0.05, 0.1) is 6.42 Å². The zero-order chi connectivity index (χ0) is 13.1.